The van der Waals surface area contributed by atoms with Crippen molar-refractivity contribution in [1.82, 2.24) is 9.97 Å². The maximum absolute atomic E-state index is 8.84. The Morgan fingerprint density at radius 3 is 2.88 bits per heavy atom. The number of nitrogens with two attached hydrogens (primary N) is 1. The van der Waals surface area contributed by atoms with Crippen molar-refractivity contribution in [2.75, 3.05) is 12.0 Å². The molecule has 0 radical (unpaired) electrons. The lowest BCUT2D eigenvalue weighted by atomic mass is 10.3. The van der Waals surface area contributed by atoms with Crippen LogP contribution in [-0.2, 0) is 6.42 Å². The summed E-state index contributed by atoms with van der Waals surface area (Å²) in [6.07, 6.45) is 1.53. The summed E-state index contributed by atoms with van der Waals surface area (Å²) in [5.41, 5.74) is 2.53. The van der Waals surface area contributed by atoms with Gasteiger partial charge < -0.3 is 10.5 Å². The fraction of sp³-hybridized carbons (Fsp3) is 0.600. The van der Waals surface area contributed by atoms with Gasteiger partial charge in [-0.25, -0.2) is 15.8 Å². The minimum Gasteiger partial charge on any atom is -0.396 e. The maximum Gasteiger partial charge on any atom is 0.144 e. The van der Waals surface area contributed by atoms with E-state index in [0.29, 0.717) is 11.1 Å². The number of nitrogen functional groups attached to an aromatic ring is 1. The third kappa shape index (κ3) is 3.96. The molecule has 16 heavy (non-hydrogen) atoms. The van der Waals surface area contributed by atoms with Crippen molar-refractivity contribution in [3.63, 3.8) is 0 Å². The number of aliphatic hydroxyl groups excluding tert-OH is 1. The lowest BCUT2D eigenvalue weighted by Gasteiger charge is -2.10. The predicted molar refractivity (Wildman–Crippen MR) is 66.2 cm³/mol. The van der Waals surface area contributed by atoms with E-state index in [-0.39, 0.29) is 6.61 Å². The van der Waals surface area contributed by atoms with E-state index < -0.39 is 0 Å². The van der Waals surface area contributed by atoms with Crippen LogP contribution in [0.25, 0.3) is 0 Å². The molecule has 0 aliphatic carbocycles. The largest absolute Gasteiger partial charge is 0.396 e. The summed E-state index contributed by atoms with van der Waals surface area (Å²) in [6, 6.07) is 1.82. The van der Waals surface area contributed by atoms with Crippen LogP contribution in [0.4, 0.5) is 5.82 Å². The summed E-state index contributed by atoms with van der Waals surface area (Å²) in [5, 5.41) is 10.1. The fourth-order valence-electron chi connectivity index (χ4n) is 1.21. The number of anilines is 1. The van der Waals surface area contributed by atoms with Crippen LogP contribution in [0.5, 0.6) is 0 Å². The lowest BCUT2D eigenvalue weighted by molar-refractivity contribution is 0.289. The molecular formula is C10H18N4OS. The summed E-state index contributed by atoms with van der Waals surface area (Å²) in [6.45, 7) is 4.26. The van der Waals surface area contributed by atoms with Gasteiger partial charge in [-0.3, -0.25) is 0 Å². The van der Waals surface area contributed by atoms with Crippen LogP contribution in [0.15, 0.2) is 11.1 Å². The molecule has 0 spiro atoms. The van der Waals surface area contributed by atoms with Crippen molar-refractivity contribution in [2.24, 2.45) is 5.84 Å². The van der Waals surface area contributed by atoms with Gasteiger partial charge in [0.25, 0.3) is 0 Å². The minimum atomic E-state index is 0.196. The summed E-state index contributed by atoms with van der Waals surface area (Å²) < 4.78 is 0. The van der Waals surface area contributed by atoms with Crippen molar-refractivity contribution in [2.45, 2.75) is 37.0 Å². The third-order valence-electron chi connectivity index (χ3n) is 2.07. The zero-order valence-electron chi connectivity index (χ0n) is 9.60. The molecule has 0 fully saturated rings. The van der Waals surface area contributed by atoms with Crippen LogP contribution in [0.2, 0.25) is 0 Å². The Labute approximate surface area is 99.8 Å². The second kappa shape index (κ2) is 6.67. The molecule has 6 heteroatoms. The van der Waals surface area contributed by atoms with Gasteiger partial charge in [0.05, 0.1) is 0 Å². The molecule has 5 nitrogen and oxygen atoms in total. The number of nitrogens with zero attached hydrogens (tertiary/aromatic N) is 2. The number of hydrogen-bond donors (Lipinski definition) is 3. The van der Waals surface area contributed by atoms with Crippen LogP contribution in [0.3, 0.4) is 0 Å². The van der Waals surface area contributed by atoms with Gasteiger partial charge in [0.1, 0.15) is 16.7 Å². The smallest absolute Gasteiger partial charge is 0.144 e. The summed E-state index contributed by atoms with van der Waals surface area (Å²) in [5.74, 6) is 6.74. The molecule has 0 aliphatic heterocycles. The van der Waals surface area contributed by atoms with E-state index in [9.17, 15) is 0 Å². The summed E-state index contributed by atoms with van der Waals surface area (Å²) in [4.78, 5) is 8.61. The molecule has 0 aliphatic rings. The summed E-state index contributed by atoms with van der Waals surface area (Å²) >= 11 is 1.62. The monoisotopic (exact) mass is 242 g/mol. The van der Waals surface area contributed by atoms with Crippen molar-refractivity contribution < 1.29 is 5.11 Å². The van der Waals surface area contributed by atoms with Crippen LogP contribution >= 0.6 is 11.8 Å². The number of aromatic nitrogens is 2. The molecule has 0 saturated carbocycles. The maximum atomic E-state index is 8.84. The molecule has 90 valence electrons. The van der Waals surface area contributed by atoms with Crippen molar-refractivity contribution in [1.29, 1.82) is 0 Å². The first-order valence-electron chi connectivity index (χ1n) is 5.31. The first kappa shape index (κ1) is 13.2. The zero-order chi connectivity index (χ0) is 12.0. The molecule has 1 aromatic heterocycles. The Kier molecular flexibility index (Phi) is 5.51. The molecule has 1 unspecified atom stereocenters. The first-order valence-corrected chi connectivity index (χ1v) is 6.19. The average molecular weight is 242 g/mol. The molecule has 1 rings (SSSR count). The SMILES string of the molecule is CCc1nc(NN)cc(SC(C)CCO)n1. The van der Waals surface area contributed by atoms with E-state index in [1.165, 1.54) is 0 Å². The van der Waals surface area contributed by atoms with Crippen LogP contribution in [0.1, 0.15) is 26.1 Å². The van der Waals surface area contributed by atoms with Gasteiger partial charge in [-0.05, 0) is 6.42 Å². The second-order valence-electron chi connectivity index (χ2n) is 3.45. The Morgan fingerprint density at radius 1 is 1.56 bits per heavy atom. The first-order chi connectivity index (χ1) is 7.69. The van der Waals surface area contributed by atoms with E-state index in [2.05, 4.69) is 22.3 Å². The summed E-state index contributed by atoms with van der Waals surface area (Å²) in [7, 11) is 0. The lowest BCUT2D eigenvalue weighted by Crippen LogP contribution is -2.11. The van der Waals surface area contributed by atoms with Gasteiger partial charge >= 0.3 is 0 Å². The molecule has 1 atom stereocenters. The molecule has 4 N–H and O–H groups in total. The molecule has 0 bridgehead atoms. The number of nitrogens with one attached hydrogen (secondary N) is 1. The molecule has 0 aromatic carbocycles. The molecule has 0 amide bonds. The topological polar surface area (TPSA) is 84.1 Å². The van der Waals surface area contributed by atoms with Crippen LogP contribution < -0.4 is 11.3 Å². The highest BCUT2D eigenvalue weighted by Gasteiger charge is 2.08. The number of hydrogen-bond acceptors (Lipinski definition) is 6. The quantitative estimate of drug-likeness (QED) is 0.301. The highest BCUT2D eigenvalue weighted by molar-refractivity contribution is 7.99. The molecule has 1 aromatic rings. The van der Waals surface area contributed by atoms with Gasteiger partial charge in [-0.1, -0.05) is 13.8 Å². The highest BCUT2D eigenvalue weighted by atomic mass is 32.2. The fourth-order valence-corrected chi connectivity index (χ4v) is 2.19. The number of aliphatic hydroxyl groups is 1. The van der Waals surface area contributed by atoms with Crippen LogP contribution in [0, 0.1) is 0 Å². The van der Waals surface area contributed by atoms with E-state index in [0.717, 1.165) is 23.7 Å². The van der Waals surface area contributed by atoms with Crippen LogP contribution in [-0.4, -0.2) is 26.9 Å². The molecule has 1 heterocycles. The third-order valence-corrected chi connectivity index (χ3v) is 3.16. The van der Waals surface area contributed by atoms with E-state index in [1.807, 2.05) is 13.0 Å². The standard InChI is InChI=1S/C10H18N4OS/c1-3-8-12-9(14-11)6-10(13-8)16-7(2)4-5-15/h6-7,15H,3-5,11H2,1-2H3,(H,12,13,14). The average Bonchev–Trinajstić information content (AvgIpc) is 2.28. The zero-order valence-corrected chi connectivity index (χ0v) is 10.4. The van der Waals surface area contributed by atoms with Crippen molar-refractivity contribution in [3.8, 4) is 0 Å². The van der Waals surface area contributed by atoms with Gasteiger partial charge in [0, 0.05) is 24.3 Å². The number of hydrazine groups is 1. The van der Waals surface area contributed by atoms with E-state index in [4.69, 9.17) is 10.9 Å². The van der Waals surface area contributed by atoms with Crippen molar-refractivity contribution in [3.05, 3.63) is 11.9 Å². The Hall–Kier alpha value is -0.850. The van der Waals surface area contributed by atoms with Gasteiger partial charge in [-0.15, -0.1) is 11.8 Å². The van der Waals surface area contributed by atoms with E-state index >= 15 is 0 Å². The minimum absolute atomic E-state index is 0.196. The van der Waals surface area contributed by atoms with Crippen molar-refractivity contribution >= 4 is 17.6 Å². The van der Waals surface area contributed by atoms with Gasteiger partial charge in [-0.2, -0.15) is 0 Å². The van der Waals surface area contributed by atoms with Gasteiger partial charge in [0.2, 0.25) is 0 Å². The Bertz CT molecular complexity index is 312. The predicted octanol–water partition coefficient (Wildman–Crippen LogP) is 1.19. The Balaban J connectivity index is 2.78. The Morgan fingerprint density at radius 2 is 2.31 bits per heavy atom. The second-order valence-corrected chi connectivity index (χ2v) is 4.91. The molecular weight excluding hydrogens is 224 g/mol. The van der Waals surface area contributed by atoms with E-state index in [1.54, 1.807) is 11.8 Å². The highest BCUT2D eigenvalue weighted by Crippen LogP contribution is 2.24. The van der Waals surface area contributed by atoms with Gasteiger partial charge in [0.15, 0.2) is 0 Å². The normalized spacial score (nSPS) is 12.5. The molecule has 0 saturated heterocycles. The number of thioether (sulfide) groups is 1. The number of aryl methyl sites for hydroxylation is 1. The number of rotatable bonds is 6.